The third kappa shape index (κ3) is 4.16. The van der Waals surface area contributed by atoms with Crippen molar-refractivity contribution < 1.29 is 4.74 Å². The van der Waals surface area contributed by atoms with Gasteiger partial charge in [0, 0.05) is 18.8 Å². The predicted molar refractivity (Wildman–Crippen MR) is 92.5 cm³/mol. The standard InChI is InChI=1S/C19H30N2O/c20-14-17-10-12-21(15-17)18-6-8-19(9-7-18)22-13-11-16-4-2-1-3-5-16/h6-9,16-17H,1-5,10-15,20H2. The Hall–Kier alpha value is -1.22. The molecule has 3 heteroatoms. The molecule has 0 spiro atoms. The van der Waals surface area contributed by atoms with Crippen molar-refractivity contribution in [1.82, 2.24) is 0 Å². The van der Waals surface area contributed by atoms with Crippen LogP contribution in [0.4, 0.5) is 5.69 Å². The fourth-order valence-corrected chi connectivity index (χ4v) is 3.83. The summed E-state index contributed by atoms with van der Waals surface area (Å²) in [6.07, 6.45) is 9.50. The van der Waals surface area contributed by atoms with Crippen molar-refractivity contribution in [2.24, 2.45) is 17.6 Å². The summed E-state index contributed by atoms with van der Waals surface area (Å²) in [4.78, 5) is 2.43. The zero-order chi connectivity index (χ0) is 15.2. The van der Waals surface area contributed by atoms with Crippen molar-refractivity contribution in [1.29, 1.82) is 0 Å². The highest BCUT2D eigenvalue weighted by molar-refractivity contribution is 5.49. The first-order chi connectivity index (χ1) is 10.8. The highest BCUT2D eigenvalue weighted by atomic mass is 16.5. The maximum atomic E-state index is 5.93. The molecule has 0 amide bonds. The zero-order valence-electron chi connectivity index (χ0n) is 13.7. The van der Waals surface area contributed by atoms with Crippen LogP contribution in [0.2, 0.25) is 0 Å². The van der Waals surface area contributed by atoms with Crippen LogP contribution in [0.3, 0.4) is 0 Å². The van der Waals surface area contributed by atoms with E-state index in [1.165, 1.54) is 50.6 Å². The topological polar surface area (TPSA) is 38.5 Å². The van der Waals surface area contributed by atoms with Crippen LogP contribution in [0.25, 0.3) is 0 Å². The van der Waals surface area contributed by atoms with E-state index in [0.29, 0.717) is 5.92 Å². The first kappa shape index (κ1) is 15.7. The number of ether oxygens (including phenoxy) is 1. The van der Waals surface area contributed by atoms with E-state index < -0.39 is 0 Å². The maximum Gasteiger partial charge on any atom is 0.119 e. The molecule has 0 bridgehead atoms. The van der Waals surface area contributed by atoms with Gasteiger partial charge >= 0.3 is 0 Å². The molecule has 3 rings (SSSR count). The fourth-order valence-electron chi connectivity index (χ4n) is 3.83. The second-order valence-electron chi connectivity index (χ2n) is 6.97. The maximum absolute atomic E-state index is 5.93. The van der Waals surface area contributed by atoms with E-state index >= 15 is 0 Å². The van der Waals surface area contributed by atoms with E-state index in [4.69, 9.17) is 10.5 Å². The predicted octanol–water partition coefficient (Wildman–Crippen LogP) is 3.82. The normalized spacial score (nSPS) is 23.0. The Morgan fingerprint density at radius 1 is 1.00 bits per heavy atom. The summed E-state index contributed by atoms with van der Waals surface area (Å²) in [6, 6.07) is 8.61. The lowest BCUT2D eigenvalue weighted by molar-refractivity contribution is 0.246. The number of rotatable bonds is 6. The quantitative estimate of drug-likeness (QED) is 0.868. The van der Waals surface area contributed by atoms with Gasteiger partial charge in [0.05, 0.1) is 6.61 Å². The third-order valence-electron chi connectivity index (χ3n) is 5.34. The fraction of sp³-hybridized carbons (Fsp3) is 0.684. The number of benzene rings is 1. The molecule has 22 heavy (non-hydrogen) atoms. The lowest BCUT2D eigenvalue weighted by Crippen LogP contribution is -2.22. The number of nitrogens with zero attached hydrogens (tertiary/aromatic N) is 1. The van der Waals surface area contributed by atoms with Crippen LogP contribution < -0.4 is 15.4 Å². The van der Waals surface area contributed by atoms with Crippen LogP contribution in [0.5, 0.6) is 5.75 Å². The Kier molecular flexibility index (Phi) is 5.60. The number of anilines is 1. The number of hydrogen-bond acceptors (Lipinski definition) is 3. The van der Waals surface area contributed by atoms with E-state index in [1.807, 2.05) is 0 Å². The molecule has 1 heterocycles. The Balaban J connectivity index is 1.43. The first-order valence-corrected chi connectivity index (χ1v) is 9.03. The largest absolute Gasteiger partial charge is 0.494 e. The van der Waals surface area contributed by atoms with Crippen LogP contribution in [-0.2, 0) is 0 Å². The Morgan fingerprint density at radius 3 is 2.45 bits per heavy atom. The smallest absolute Gasteiger partial charge is 0.119 e. The van der Waals surface area contributed by atoms with E-state index in [-0.39, 0.29) is 0 Å². The number of hydrogen-bond donors (Lipinski definition) is 1. The molecule has 1 aromatic rings. The van der Waals surface area contributed by atoms with Gasteiger partial charge in [-0.1, -0.05) is 32.1 Å². The van der Waals surface area contributed by atoms with Crippen LogP contribution in [-0.4, -0.2) is 26.2 Å². The van der Waals surface area contributed by atoms with E-state index in [0.717, 1.165) is 37.9 Å². The Morgan fingerprint density at radius 2 is 1.77 bits per heavy atom. The molecule has 1 aromatic carbocycles. The van der Waals surface area contributed by atoms with Gasteiger partial charge in [-0.3, -0.25) is 0 Å². The summed E-state index contributed by atoms with van der Waals surface area (Å²) in [6.45, 7) is 3.89. The van der Waals surface area contributed by atoms with Crippen LogP contribution in [0.1, 0.15) is 44.9 Å². The van der Waals surface area contributed by atoms with Crippen molar-refractivity contribution in [3.8, 4) is 5.75 Å². The van der Waals surface area contributed by atoms with Gasteiger partial charge in [0.25, 0.3) is 0 Å². The van der Waals surface area contributed by atoms with Crippen LogP contribution in [0, 0.1) is 11.8 Å². The molecule has 2 N–H and O–H groups in total. The molecule has 1 unspecified atom stereocenters. The number of nitrogens with two attached hydrogens (primary N) is 1. The van der Waals surface area contributed by atoms with Gasteiger partial charge in [0.1, 0.15) is 5.75 Å². The molecule has 1 saturated carbocycles. The minimum atomic E-state index is 0.659. The highest BCUT2D eigenvalue weighted by Crippen LogP contribution is 2.28. The SMILES string of the molecule is NCC1CCN(c2ccc(OCCC3CCCCC3)cc2)C1. The molecule has 122 valence electrons. The average molecular weight is 302 g/mol. The monoisotopic (exact) mass is 302 g/mol. The summed E-state index contributed by atoms with van der Waals surface area (Å²) < 4.78 is 5.93. The summed E-state index contributed by atoms with van der Waals surface area (Å²) in [5.74, 6) is 2.56. The van der Waals surface area contributed by atoms with Crippen molar-refractivity contribution in [2.45, 2.75) is 44.9 Å². The van der Waals surface area contributed by atoms with Gasteiger partial charge in [0.2, 0.25) is 0 Å². The second-order valence-corrected chi connectivity index (χ2v) is 6.97. The third-order valence-corrected chi connectivity index (χ3v) is 5.34. The van der Waals surface area contributed by atoms with Crippen molar-refractivity contribution in [2.75, 3.05) is 31.1 Å². The van der Waals surface area contributed by atoms with E-state index in [2.05, 4.69) is 29.2 Å². The van der Waals surface area contributed by atoms with Gasteiger partial charge in [-0.25, -0.2) is 0 Å². The summed E-state index contributed by atoms with van der Waals surface area (Å²) in [5.41, 5.74) is 7.07. The molecular weight excluding hydrogens is 272 g/mol. The lowest BCUT2D eigenvalue weighted by atomic mass is 9.87. The molecule has 0 radical (unpaired) electrons. The molecule has 1 saturated heterocycles. The molecule has 1 aliphatic carbocycles. The molecule has 1 atom stereocenters. The second kappa shape index (κ2) is 7.87. The summed E-state index contributed by atoms with van der Waals surface area (Å²) >= 11 is 0. The van der Waals surface area contributed by atoms with Crippen molar-refractivity contribution in [3.63, 3.8) is 0 Å². The van der Waals surface area contributed by atoms with Crippen molar-refractivity contribution in [3.05, 3.63) is 24.3 Å². The Bertz CT molecular complexity index is 439. The van der Waals surface area contributed by atoms with E-state index in [9.17, 15) is 0 Å². The highest BCUT2D eigenvalue weighted by Gasteiger charge is 2.21. The van der Waals surface area contributed by atoms with E-state index in [1.54, 1.807) is 0 Å². The first-order valence-electron chi connectivity index (χ1n) is 9.03. The average Bonchev–Trinajstić information content (AvgIpc) is 3.06. The molecule has 0 aromatic heterocycles. The van der Waals surface area contributed by atoms with Gasteiger partial charge in [-0.15, -0.1) is 0 Å². The molecule has 2 aliphatic rings. The van der Waals surface area contributed by atoms with Gasteiger partial charge in [-0.2, -0.15) is 0 Å². The molecule has 3 nitrogen and oxygen atoms in total. The summed E-state index contributed by atoms with van der Waals surface area (Å²) in [5, 5.41) is 0. The minimum Gasteiger partial charge on any atom is -0.494 e. The van der Waals surface area contributed by atoms with Gasteiger partial charge in [0.15, 0.2) is 0 Å². The van der Waals surface area contributed by atoms with Gasteiger partial charge < -0.3 is 15.4 Å². The summed E-state index contributed by atoms with van der Waals surface area (Å²) in [7, 11) is 0. The molecular formula is C19H30N2O. The van der Waals surface area contributed by atoms with Gasteiger partial charge in [-0.05, 0) is 55.5 Å². The molecule has 2 fully saturated rings. The zero-order valence-corrected chi connectivity index (χ0v) is 13.7. The lowest BCUT2D eigenvalue weighted by Gasteiger charge is -2.21. The van der Waals surface area contributed by atoms with Crippen LogP contribution >= 0.6 is 0 Å². The van der Waals surface area contributed by atoms with Crippen molar-refractivity contribution >= 4 is 5.69 Å². The Labute approximate surface area is 134 Å². The molecule has 1 aliphatic heterocycles. The van der Waals surface area contributed by atoms with Crippen LogP contribution in [0.15, 0.2) is 24.3 Å². The minimum absolute atomic E-state index is 0.659.